The van der Waals surface area contributed by atoms with Crippen LogP contribution in [0.5, 0.6) is 0 Å². The molecule has 1 aliphatic carbocycles. The minimum absolute atomic E-state index is 0.0533. The maximum atomic E-state index is 11.6. The van der Waals surface area contributed by atoms with Gasteiger partial charge >= 0.3 is 6.09 Å². The second-order valence-corrected chi connectivity index (χ2v) is 5.90. The standard InChI is InChI=1S/C13H23N3O4/c1-5-10(17)15-16-11(18)8-6-9(7-8)14-12(19)20-13(2,3)4/h8-9H,5-7H2,1-4H3,(H,14,19)(H,15,17)(H,16,18). The fraction of sp³-hybridized carbons (Fsp3) is 0.769. The van der Waals surface area contributed by atoms with Crippen LogP contribution < -0.4 is 16.2 Å². The van der Waals surface area contributed by atoms with Crippen LogP contribution in [0.2, 0.25) is 0 Å². The highest BCUT2D eigenvalue weighted by Crippen LogP contribution is 2.27. The Labute approximate surface area is 118 Å². The molecule has 0 bridgehead atoms. The minimum atomic E-state index is -0.533. The van der Waals surface area contributed by atoms with Gasteiger partial charge in [0.1, 0.15) is 5.60 Å². The third-order valence-corrected chi connectivity index (χ3v) is 2.88. The highest BCUT2D eigenvalue weighted by molar-refractivity contribution is 5.84. The predicted molar refractivity (Wildman–Crippen MR) is 72.5 cm³/mol. The van der Waals surface area contributed by atoms with Gasteiger partial charge < -0.3 is 10.1 Å². The number of carbonyl (C=O) groups is 3. The normalized spacial score (nSPS) is 21.4. The average molecular weight is 285 g/mol. The van der Waals surface area contributed by atoms with Crippen molar-refractivity contribution >= 4 is 17.9 Å². The Kier molecular flexibility index (Phi) is 5.35. The molecule has 1 rings (SSSR count). The van der Waals surface area contributed by atoms with Gasteiger partial charge in [0.15, 0.2) is 0 Å². The Morgan fingerprint density at radius 2 is 1.75 bits per heavy atom. The summed E-state index contributed by atoms with van der Waals surface area (Å²) in [4.78, 5) is 34.1. The van der Waals surface area contributed by atoms with Crippen LogP contribution in [0.1, 0.15) is 47.0 Å². The lowest BCUT2D eigenvalue weighted by molar-refractivity contribution is -0.133. The molecule has 0 radical (unpaired) electrons. The summed E-state index contributed by atoms with van der Waals surface area (Å²) >= 11 is 0. The van der Waals surface area contributed by atoms with Gasteiger partial charge in [-0.25, -0.2) is 4.79 Å². The van der Waals surface area contributed by atoms with Crippen LogP contribution in [-0.4, -0.2) is 29.6 Å². The van der Waals surface area contributed by atoms with Gasteiger partial charge in [0, 0.05) is 18.4 Å². The van der Waals surface area contributed by atoms with Crippen molar-refractivity contribution in [3.8, 4) is 0 Å². The van der Waals surface area contributed by atoms with E-state index in [1.807, 2.05) is 0 Å². The summed E-state index contributed by atoms with van der Waals surface area (Å²) in [7, 11) is 0. The van der Waals surface area contributed by atoms with E-state index in [1.54, 1.807) is 27.7 Å². The van der Waals surface area contributed by atoms with Gasteiger partial charge in [0.05, 0.1) is 0 Å². The summed E-state index contributed by atoms with van der Waals surface area (Å²) in [5.74, 6) is -0.651. The number of carbonyl (C=O) groups excluding carboxylic acids is 3. The Hall–Kier alpha value is -1.79. The van der Waals surface area contributed by atoms with Crippen molar-refractivity contribution in [1.82, 2.24) is 16.2 Å². The topological polar surface area (TPSA) is 96.5 Å². The Morgan fingerprint density at radius 1 is 1.15 bits per heavy atom. The molecule has 1 saturated carbocycles. The summed E-state index contributed by atoms with van der Waals surface area (Å²) < 4.78 is 5.13. The molecule has 1 fully saturated rings. The number of ether oxygens (including phenoxy) is 1. The van der Waals surface area contributed by atoms with E-state index < -0.39 is 11.7 Å². The molecule has 114 valence electrons. The summed E-state index contributed by atoms with van der Waals surface area (Å²) in [6, 6.07) is -0.0533. The van der Waals surface area contributed by atoms with E-state index in [4.69, 9.17) is 4.74 Å². The number of amides is 3. The third-order valence-electron chi connectivity index (χ3n) is 2.88. The molecule has 0 aromatic heterocycles. The van der Waals surface area contributed by atoms with Crippen LogP contribution in [0.3, 0.4) is 0 Å². The molecule has 0 spiro atoms. The van der Waals surface area contributed by atoms with E-state index in [1.165, 1.54) is 0 Å². The number of nitrogens with one attached hydrogen (secondary N) is 3. The van der Waals surface area contributed by atoms with Crippen molar-refractivity contribution in [1.29, 1.82) is 0 Å². The van der Waals surface area contributed by atoms with Crippen LogP contribution in [-0.2, 0) is 14.3 Å². The minimum Gasteiger partial charge on any atom is -0.444 e. The lowest BCUT2D eigenvalue weighted by atomic mass is 9.80. The quantitative estimate of drug-likeness (QED) is 0.670. The lowest BCUT2D eigenvalue weighted by Gasteiger charge is -2.35. The van der Waals surface area contributed by atoms with Gasteiger partial charge in [-0.3, -0.25) is 20.4 Å². The van der Waals surface area contributed by atoms with Crippen molar-refractivity contribution < 1.29 is 19.1 Å². The number of hydrogen-bond acceptors (Lipinski definition) is 4. The van der Waals surface area contributed by atoms with Gasteiger partial charge in [-0.05, 0) is 33.6 Å². The first-order chi connectivity index (χ1) is 9.21. The smallest absolute Gasteiger partial charge is 0.407 e. The first-order valence-electron chi connectivity index (χ1n) is 6.79. The highest BCUT2D eigenvalue weighted by Gasteiger charge is 2.36. The molecule has 0 unspecified atom stereocenters. The predicted octanol–water partition coefficient (Wildman–Crippen LogP) is 0.847. The maximum absolute atomic E-state index is 11.6. The molecule has 7 heteroatoms. The molecule has 1 aliphatic rings. The Morgan fingerprint density at radius 3 is 2.25 bits per heavy atom. The van der Waals surface area contributed by atoms with Gasteiger partial charge in [0.2, 0.25) is 11.8 Å². The number of rotatable bonds is 3. The van der Waals surface area contributed by atoms with E-state index >= 15 is 0 Å². The highest BCUT2D eigenvalue weighted by atomic mass is 16.6. The first kappa shape index (κ1) is 16.3. The average Bonchev–Trinajstić information content (AvgIpc) is 2.27. The fourth-order valence-corrected chi connectivity index (χ4v) is 1.75. The van der Waals surface area contributed by atoms with E-state index in [2.05, 4.69) is 16.2 Å². The van der Waals surface area contributed by atoms with E-state index in [0.717, 1.165) is 0 Å². The molecule has 0 aliphatic heterocycles. The summed E-state index contributed by atoms with van der Waals surface area (Å²) in [5.41, 5.74) is 4.15. The molecule has 0 aromatic carbocycles. The summed E-state index contributed by atoms with van der Waals surface area (Å²) in [5, 5.41) is 2.71. The largest absolute Gasteiger partial charge is 0.444 e. The van der Waals surface area contributed by atoms with Crippen molar-refractivity contribution in [2.75, 3.05) is 0 Å². The molecule has 7 nitrogen and oxygen atoms in total. The summed E-state index contributed by atoms with van der Waals surface area (Å²) in [6.07, 6.45) is 0.939. The van der Waals surface area contributed by atoms with Crippen molar-refractivity contribution in [2.24, 2.45) is 5.92 Å². The van der Waals surface area contributed by atoms with Crippen LogP contribution in [0.25, 0.3) is 0 Å². The molecule has 0 saturated heterocycles. The molecular weight excluding hydrogens is 262 g/mol. The SMILES string of the molecule is CCC(=O)NNC(=O)C1CC(NC(=O)OC(C)(C)C)C1. The Balaban J connectivity index is 2.20. The third kappa shape index (κ3) is 5.46. The molecule has 0 aromatic rings. The molecule has 0 atom stereocenters. The Bertz CT molecular complexity index is 384. The zero-order chi connectivity index (χ0) is 15.3. The van der Waals surface area contributed by atoms with Crippen LogP contribution in [0.15, 0.2) is 0 Å². The number of hydrazine groups is 1. The van der Waals surface area contributed by atoms with E-state index in [9.17, 15) is 14.4 Å². The van der Waals surface area contributed by atoms with Crippen molar-refractivity contribution in [3.63, 3.8) is 0 Å². The first-order valence-corrected chi connectivity index (χ1v) is 6.79. The monoisotopic (exact) mass is 285 g/mol. The molecular formula is C13H23N3O4. The van der Waals surface area contributed by atoms with Crippen molar-refractivity contribution in [2.45, 2.75) is 58.6 Å². The zero-order valence-electron chi connectivity index (χ0n) is 12.4. The van der Waals surface area contributed by atoms with E-state index in [-0.39, 0.29) is 23.8 Å². The molecule has 0 heterocycles. The van der Waals surface area contributed by atoms with Crippen LogP contribution >= 0.6 is 0 Å². The van der Waals surface area contributed by atoms with Crippen molar-refractivity contribution in [3.05, 3.63) is 0 Å². The van der Waals surface area contributed by atoms with E-state index in [0.29, 0.717) is 19.3 Å². The van der Waals surface area contributed by atoms with Crippen LogP contribution in [0.4, 0.5) is 4.79 Å². The van der Waals surface area contributed by atoms with Gasteiger partial charge in [0.25, 0.3) is 0 Å². The maximum Gasteiger partial charge on any atom is 0.407 e. The molecule has 3 amide bonds. The van der Waals surface area contributed by atoms with Crippen LogP contribution in [0, 0.1) is 5.92 Å². The lowest BCUT2D eigenvalue weighted by Crippen LogP contribution is -2.53. The van der Waals surface area contributed by atoms with Gasteiger partial charge in [-0.1, -0.05) is 6.92 Å². The number of alkyl carbamates (subject to hydrolysis) is 1. The zero-order valence-corrected chi connectivity index (χ0v) is 12.4. The number of hydrogen-bond donors (Lipinski definition) is 3. The second kappa shape index (κ2) is 6.58. The summed E-state index contributed by atoms with van der Waals surface area (Å²) in [6.45, 7) is 7.08. The second-order valence-electron chi connectivity index (χ2n) is 5.90. The van der Waals surface area contributed by atoms with Gasteiger partial charge in [-0.15, -0.1) is 0 Å². The fourth-order valence-electron chi connectivity index (χ4n) is 1.75. The molecule has 3 N–H and O–H groups in total. The molecule has 20 heavy (non-hydrogen) atoms. The van der Waals surface area contributed by atoms with Gasteiger partial charge in [-0.2, -0.15) is 0 Å².